The molecule has 1 aromatic carbocycles. The molecular formula is C24H35N3OS. The Morgan fingerprint density at radius 1 is 1.10 bits per heavy atom. The van der Waals surface area contributed by atoms with Crippen LogP contribution in [0.4, 0.5) is 5.69 Å². The van der Waals surface area contributed by atoms with Crippen LogP contribution in [0.5, 0.6) is 0 Å². The van der Waals surface area contributed by atoms with Gasteiger partial charge in [0, 0.05) is 34.3 Å². The zero-order valence-corrected chi connectivity index (χ0v) is 18.8. The summed E-state index contributed by atoms with van der Waals surface area (Å²) in [4.78, 5) is 12.4. The van der Waals surface area contributed by atoms with E-state index in [1.165, 1.54) is 25.0 Å². The quantitative estimate of drug-likeness (QED) is 0.505. The maximum atomic E-state index is 12.4. The molecule has 29 heavy (non-hydrogen) atoms. The van der Waals surface area contributed by atoms with E-state index in [9.17, 15) is 4.79 Å². The highest BCUT2D eigenvalue weighted by atomic mass is 32.2. The molecule has 1 aromatic rings. The second-order valence-electron chi connectivity index (χ2n) is 9.10. The molecule has 158 valence electrons. The molecular weight excluding hydrogens is 378 g/mol. The van der Waals surface area contributed by atoms with Crippen molar-refractivity contribution in [3.05, 3.63) is 53.8 Å². The summed E-state index contributed by atoms with van der Waals surface area (Å²) in [7, 11) is 0. The fourth-order valence-electron chi connectivity index (χ4n) is 3.61. The highest BCUT2D eigenvalue weighted by Crippen LogP contribution is 2.24. The minimum Gasteiger partial charge on any atom is -0.384 e. The summed E-state index contributed by atoms with van der Waals surface area (Å²) < 4.78 is 3.64. The third-order valence-electron chi connectivity index (χ3n) is 5.32. The van der Waals surface area contributed by atoms with Gasteiger partial charge in [0.05, 0.1) is 0 Å². The third-order valence-corrected chi connectivity index (χ3v) is 6.27. The molecule has 2 aliphatic rings. The minimum atomic E-state index is 0.0527. The lowest BCUT2D eigenvalue weighted by Crippen LogP contribution is -2.36. The molecule has 0 saturated heterocycles. The standard InChI is InChI=1S/C24H35N3OS/c1-24(2,3)29-27-22-13-9-18(10-14-22)17-25-20-15-11-19(12-16-20)23(28)26-21-7-5-4-6-8-21/h9,11-16,18,21,25,27H,4-8,10,17H2,1-3H3,(H,26,28)/t18-/m1/s1. The summed E-state index contributed by atoms with van der Waals surface area (Å²) in [6.45, 7) is 7.50. The Balaban J connectivity index is 1.41. The van der Waals surface area contributed by atoms with Crippen molar-refractivity contribution in [2.75, 3.05) is 11.9 Å². The van der Waals surface area contributed by atoms with Gasteiger partial charge < -0.3 is 15.4 Å². The molecule has 0 aliphatic heterocycles. The molecule has 3 rings (SSSR count). The molecule has 5 heteroatoms. The first-order chi connectivity index (χ1) is 13.9. The highest BCUT2D eigenvalue weighted by Gasteiger charge is 2.17. The van der Waals surface area contributed by atoms with E-state index in [0.717, 1.165) is 37.1 Å². The summed E-state index contributed by atoms with van der Waals surface area (Å²) in [5, 5.41) is 6.67. The van der Waals surface area contributed by atoms with Crippen LogP contribution in [0.15, 0.2) is 48.2 Å². The Bertz CT molecular complexity index is 727. The first-order valence-corrected chi connectivity index (χ1v) is 11.7. The van der Waals surface area contributed by atoms with E-state index in [0.29, 0.717) is 12.0 Å². The molecule has 1 fully saturated rings. The van der Waals surface area contributed by atoms with Crippen LogP contribution in [-0.2, 0) is 0 Å². The molecule has 0 aromatic heterocycles. The molecule has 0 unspecified atom stereocenters. The molecule has 4 nitrogen and oxygen atoms in total. The molecule has 2 aliphatic carbocycles. The predicted molar refractivity (Wildman–Crippen MR) is 125 cm³/mol. The van der Waals surface area contributed by atoms with Crippen molar-refractivity contribution < 1.29 is 4.79 Å². The van der Waals surface area contributed by atoms with Crippen molar-refractivity contribution in [1.82, 2.24) is 10.0 Å². The Morgan fingerprint density at radius 3 is 2.45 bits per heavy atom. The molecule has 1 saturated carbocycles. The molecule has 0 radical (unpaired) electrons. The molecule has 0 heterocycles. The average Bonchev–Trinajstić information content (AvgIpc) is 2.72. The van der Waals surface area contributed by atoms with Crippen LogP contribution in [-0.4, -0.2) is 23.2 Å². The zero-order valence-electron chi connectivity index (χ0n) is 18.0. The second-order valence-corrected chi connectivity index (χ2v) is 10.7. The summed E-state index contributed by atoms with van der Waals surface area (Å²) in [5.41, 5.74) is 2.99. The smallest absolute Gasteiger partial charge is 0.251 e. The Labute approximate surface area is 180 Å². The molecule has 0 bridgehead atoms. The molecule has 3 N–H and O–H groups in total. The van der Waals surface area contributed by atoms with Crippen molar-refractivity contribution in [2.24, 2.45) is 5.92 Å². The van der Waals surface area contributed by atoms with Crippen molar-refractivity contribution in [1.29, 1.82) is 0 Å². The summed E-state index contributed by atoms with van der Waals surface area (Å²) in [6, 6.07) is 8.20. The van der Waals surface area contributed by atoms with Gasteiger partial charge in [0.1, 0.15) is 0 Å². The maximum Gasteiger partial charge on any atom is 0.251 e. The number of amides is 1. The Hall–Kier alpha value is -1.88. The first-order valence-electron chi connectivity index (χ1n) is 10.9. The van der Waals surface area contributed by atoms with Gasteiger partial charge in [0.2, 0.25) is 0 Å². The second kappa shape index (κ2) is 10.2. The molecule has 1 amide bonds. The van der Waals surface area contributed by atoms with Gasteiger partial charge in [0.15, 0.2) is 0 Å². The van der Waals surface area contributed by atoms with Crippen molar-refractivity contribution in [3.8, 4) is 0 Å². The number of anilines is 1. The van der Waals surface area contributed by atoms with Gasteiger partial charge in [-0.15, -0.1) is 0 Å². The molecule has 0 spiro atoms. The van der Waals surface area contributed by atoms with Gasteiger partial charge in [-0.25, -0.2) is 0 Å². The number of rotatable bonds is 7. The van der Waals surface area contributed by atoms with E-state index >= 15 is 0 Å². The fraction of sp³-hybridized carbons (Fsp3) is 0.542. The Kier molecular flexibility index (Phi) is 7.70. The number of benzene rings is 1. The average molecular weight is 414 g/mol. The van der Waals surface area contributed by atoms with Gasteiger partial charge in [-0.2, -0.15) is 0 Å². The summed E-state index contributed by atoms with van der Waals surface area (Å²) >= 11 is 1.75. The van der Waals surface area contributed by atoms with Gasteiger partial charge in [-0.05, 0) is 88.2 Å². The van der Waals surface area contributed by atoms with Crippen molar-refractivity contribution >= 4 is 23.5 Å². The van der Waals surface area contributed by atoms with E-state index in [1.807, 2.05) is 24.3 Å². The van der Waals surface area contributed by atoms with Gasteiger partial charge >= 0.3 is 0 Å². The van der Waals surface area contributed by atoms with E-state index in [2.05, 4.69) is 54.4 Å². The van der Waals surface area contributed by atoms with Crippen LogP contribution >= 0.6 is 11.9 Å². The van der Waals surface area contributed by atoms with E-state index < -0.39 is 0 Å². The number of hydrogen-bond donors (Lipinski definition) is 3. The van der Waals surface area contributed by atoms with Crippen molar-refractivity contribution in [2.45, 2.75) is 70.1 Å². The lowest BCUT2D eigenvalue weighted by Gasteiger charge is -2.23. The topological polar surface area (TPSA) is 53.2 Å². The maximum absolute atomic E-state index is 12.4. The molecule has 1 atom stereocenters. The van der Waals surface area contributed by atoms with Crippen LogP contribution in [0.1, 0.15) is 69.7 Å². The van der Waals surface area contributed by atoms with Gasteiger partial charge in [-0.1, -0.05) is 31.4 Å². The number of nitrogens with one attached hydrogen (secondary N) is 3. The van der Waals surface area contributed by atoms with E-state index in [1.54, 1.807) is 11.9 Å². The van der Waals surface area contributed by atoms with Crippen LogP contribution in [0.25, 0.3) is 0 Å². The normalized spacial score (nSPS) is 20.1. The number of carbonyl (C=O) groups excluding carboxylic acids is 1. The lowest BCUT2D eigenvalue weighted by atomic mass is 9.95. The van der Waals surface area contributed by atoms with Gasteiger partial charge in [0.25, 0.3) is 5.91 Å². The fourth-order valence-corrected chi connectivity index (χ4v) is 4.18. The summed E-state index contributed by atoms with van der Waals surface area (Å²) in [6.07, 6.45) is 13.7. The van der Waals surface area contributed by atoms with Crippen LogP contribution in [0, 0.1) is 5.92 Å². The number of allylic oxidation sites excluding steroid dienone is 2. The SMILES string of the molecule is CC(C)(C)SNC1=CC[C@H](CNc2ccc(C(=O)NC3CCCCC3)cc2)C=C1. The van der Waals surface area contributed by atoms with Crippen molar-refractivity contribution in [3.63, 3.8) is 0 Å². The van der Waals surface area contributed by atoms with Crippen LogP contribution in [0.3, 0.4) is 0 Å². The monoisotopic (exact) mass is 413 g/mol. The van der Waals surface area contributed by atoms with Gasteiger partial charge in [-0.3, -0.25) is 4.79 Å². The first kappa shape index (κ1) is 21.8. The minimum absolute atomic E-state index is 0.0527. The summed E-state index contributed by atoms with van der Waals surface area (Å²) in [5.74, 6) is 0.534. The lowest BCUT2D eigenvalue weighted by molar-refractivity contribution is 0.0927. The number of hydrogen-bond acceptors (Lipinski definition) is 4. The number of carbonyl (C=O) groups is 1. The highest BCUT2D eigenvalue weighted by molar-refractivity contribution is 7.98. The third kappa shape index (κ3) is 7.46. The van der Waals surface area contributed by atoms with Crippen LogP contribution in [0.2, 0.25) is 0 Å². The zero-order chi connectivity index (χ0) is 20.7. The Morgan fingerprint density at radius 2 is 1.83 bits per heavy atom. The van der Waals surface area contributed by atoms with E-state index in [4.69, 9.17) is 0 Å². The predicted octanol–water partition coefficient (Wildman–Crippen LogP) is 5.66. The van der Waals surface area contributed by atoms with E-state index in [-0.39, 0.29) is 10.7 Å². The van der Waals surface area contributed by atoms with Crippen LogP contribution < -0.4 is 15.4 Å². The largest absolute Gasteiger partial charge is 0.384 e.